The second kappa shape index (κ2) is 3.14. The molecule has 0 amide bonds. The molecule has 0 radical (unpaired) electrons. The van der Waals surface area contributed by atoms with Gasteiger partial charge in [0.1, 0.15) is 0 Å². The van der Waals surface area contributed by atoms with Crippen LogP contribution in [0.4, 0.5) is 0 Å². The van der Waals surface area contributed by atoms with Crippen LogP contribution in [0.5, 0.6) is 0 Å². The molecule has 0 aliphatic rings. The van der Waals surface area contributed by atoms with Gasteiger partial charge in [0.05, 0.1) is 5.69 Å². The number of nitrogens with zero attached hydrogens (tertiary/aromatic N) is 3. The molecule has 0 unspecified atom stereocenters. The van der Waals surface area contributed by atoms with Crippen LogP contribution < -0.4 is 5.69 Å². The van der Waals surface area contributed by atoms with Gasteiger partial charge in [-0.15, -0.1) is 0 Å². The molecule has 2 rings (SSSR count). The zero-order valence-corrected chi connectivity index (χ0v) is 6.64. The van der Waals surface area contributed by atoms with E-state index >= 15 is 0 Å². The van der Waals surface area contributed by atoms with Gasteiger partial charge in [0.15, 0.2) is 5.82 Å². The van der Waals surface area contributed by atoms with Crippen molar-refractivity contribution in [1.29, 1.82) is 0 Å². The molecule has 0 aliphatic heterocycles. The lowest BCUT2D eigenvalue weighted by Gasteiger charge is -1.95. The molecule has 0 bridgehead atoms. The summed E-state index contributed by atoms with van der Waals surface area (Å²) in [6, 6.07) is 3.36. The Labute approximate surface area is 73.5 Å². The fourth-order valence-corrected chi connectivity index (χ4v) is 0.937. The number of aromatic amines is 1. The van der Waals surface area contributed by atoms with Gasteiger partial charge in [-0.05, 0) is 12.1 Å². The van der Waals surface area contributed by atoms with Crippen LogP contribution in [-0.4, -0.2) is 19.9 Å². The van der Waals surface area contributed by atoms with Crippen molar-refractivity contribution in [2.24, 2.45) is 0 Å². The lowest BCUT2D eigenvalue weighted by atomic mass is 10.4. The Kier molecular flexibility index (Phi) is 1.84. The standard InChI is InChI=1S/C8H6N4O/c13-8-11-5-2-6(12-8)7-9-3-1-4-10-7/h1-5H,(H,11,12,13). The zero-order valence-electron chi connectivity index (χ0n) is 6.64. The Bertz CT molecular complexity index is 451. The minimum absolute atomic E-state index is 0.398. The van der Waals surface area contributed by atoms with E-state index in [1.807, 2.05) is 0 Å². The van der Waals surface area contributed by atoms with Gasteiger partial charge in [-0.2, -0.15) is 0 Å². The minimum atomic E-state index is -0.398. The summed E-state index contributed by atoms with van der Waals surface area (Å²) in [6.45, 7) is 0. The Balaban J connectivity index is 2.54. The molecular weight excluding hydrogens is 168 g/mol. The summed E-state index contributed by atoms with van der Waals surface area (Å²) >= 11 is 0. The first-order chi connectivity index (χ1) is 6.36. The maximum absolute atomic E-state index is 10.8. The van der Waals surface area contributed by atoms with Gasteiger partial charge >= 0.3 is 5.69 Å². The van der Waals surface area contributed by atoms with E-state index in [2.05, 4.69) is 19.9 Å². The van der Waals surface area contributed by atoms with Crippen molar-refractivity contribution >= 4 is 0 Å². The van der Waals surface area contributed by atoms with Gasteiger partial charge < -0.3 is 4.98 Å². The summed E-state index contributed by atoms with van der Waals surface area (Å²) in [5.41, 5.74) is 0.172. The predicted molar refractivity (Wildman–Crippen MR) is 45.9 cm³/mol. The lowest BCUT2D eigenvalue weighted by Crippen LogP contribution is -2.09. The topological polar surface area (TPSA) is 71.5 Å². The van der Waals surface area contributed by atoms with Crippen molar-refractivity contribution in [2.45, 2.75) is 0 Å². The third kappa shape index (κ3) is 1.58. The smallest absolute Gasteiger partial charge is 0.303 e. The van der Waals surface area contributed by atoms with E-state index in [1.165, 1.54) is 6.20 Å². The molecule has 64 valence electrons. The average Bonchev–Trinajstić information content (AvgIpc) is 2.19. The third-order valence-electron chi connectivity index (χ3n) is 1.48. The molecule has 0 spiro atoms. The first-order valence-electron chi connectivity index (χ1n) is 3.69. The zero-order chi connectivity index (χ0) is 9.10. The highest BCUT2D eigenvalue weighted by molar-refractivity contribution is 5.46. The van der Waals surface area contributed by atoms with Crippen molar-refractivity contribution in [1.82, 2.24) is 19.9 Å². The van der Waals surface area contributed by atoms with Crippen molar-refractivity contribution in [2.75, 3.05) is 0 Å². The van der Waals surface area contributed by atoms with Crippen LogP contribution in [0, 0.1) is 0 Å². The monoisotopic (exact) mass is 174 g/mol. The molecule has 0 atom stereocenters. The maximum atomic E-state index is 10.8. The number of nitrogens with one attached hydrogen (secondary N) is 1. The quantitative estimate of drug-likeness (QED) is 0.671. The average molecular weight is 174 g/mol. The summed E-state index contributed by atoms with van der Waals surface area (Å²) < 4.78 is 0. The van der Waals surface area contributed by atoms with E-state index in [0.29, 0.717) is 11.5 Å². The normalized spacial score (nSPS) is 9.85. The SMILES string of the molecule is O=c1nccc(-c2ncccn2)[nH]1. The maximum Gasteiger partial charge on any atom is 0.345 e. The molecule has 0 saturated heterocycles. The highest BCUT2D eigenvalue weighted by atomic mass is 16.1. The van der Waals surface area contributed by atoms with Gasteiger partial charge in [0.25, 0.3) is 0 Å². The summed E-state index contributed by atoms with van der Waals surface area (Å²) in [4.78, 5) is 24.8. The van der Waals surface area contributed by atoms with E-state index in [0.717, 1.165) is 0 Å². The highest BCUT2D eigenvalue weighted by Gasteiger charge is 1.98. The fourth-order valence-electron chi connectivity index (χ4n) is 0.937. The second-order valence-electron chi connectivity index (χ2n) is 2.36. The van der Waals surface area contributed by atoms with E-state index in [4.69, 9.17) is 0 Å². The number of rotatable bonds is 1. The summed E-state index contributed by atoms with van der Waals surface area (Å²) in [6.07, 6.45) is 4.65. The molecule has 0 fully saturated rings. The first-order valence-corrected chi connectivity index (χ1v) is 3.69. The van der Waals surface area contributed by atoms with Crippen molar-refractivity contribution in [3.63, 3.8) is 0 Å². The predicted octanol–water partition coefficient (Wildman–Crippen LogP) is 0.227. The van der Waals surface area contributed by atoms with Crippen molar-refractivity contribution < 1.29 is 0 Å². The first kappa shape index (κ1) is 7.60. The van der Waals surface area contributed by atoms with Crippen LogP contribution in [-0.2, 0) is 0 Å². The van der Waals surface area contributed by atoms with Crippen LogP contribution in [0.25, 0.3) is 11.5 Å². The van der Waals surface area contributed by atoms with Crippen LogP contribution in [0.2, 0.25) is 0 Å². The third-order valence-corrected chi connectivity index (χ3v) is 1.48. The Morgan fingerprint density at radius 3 is 2.54 bits per heavy atom. The largest absolute Gasteiger partial charge is 0.345 e. The lowest BCUT2D eigenvalue weighted by molar-refractivity contribution is 1.05. The second-order valence-corrected chi connectivity index (χ2v) is 2.36. The number of hydrogen-bond donors (Lipinski definition) is 1. The van der Waals surface area contributed by atoms with Crippen LogP contribution in [0.1, 0.15) is 0 Å². The molecule has 1 N–H and O–H groups in total. The molecule has 0 aromatic carbocycles. The Morgan fingerprint density at radius 2 is 1.85 bits per heavy atom. The molecule has 5 nitrogen and oxygen atoms in total. The molecule has 5 heteroatoms. The molecule has 2 aromatic rings. The molecule has 2 aromatic heterocycles. The van der Waals surface area contributed by atoms with Crippen molar-refractivity contribution in [3.05, 3.63) is 41.2 Å². The fraction of sp³-hybridized carbons (Fsp3) is 0. The Hall–Kier alpha value is -2.04. The van der Waals surface area contributed by atoms with Crippen LogP contribution in [0.15, 0.2) is 35.5 Å². The van der Waals surface area contributed by atoms with E-state index < -0.39 is 5.69 Å². The van der Waals surface area contributed by atoms with E-state index in [9.17, 15) is 4.79 Å². The summed E-state index contributed by atoms with van der Waals surface area (Å²) in [7, 11) is 0. The Morgan fingerprint density at radius 1 is 1.08 bits per heavy atom. The molecule has 0 saturated carbocycles. The number of H-pyrrole nitrogens is 1. The number of aromatic nitrogens is 4. The summed E-state index contributed by atoms with van der Waals surface area (Å²) in [5, 5.41) is 0. The molecule has 0 aliphatic carbocycles. The van der Waals surface area contributed by atoms with Crippen molar-refractivity contribution in [3.8, 4) is 11.5 Å². The minimum Gasteiger partial charge on any atom is -0.303 e. The highest BCUT2D eigenvalue weighted by Crippen LogP contribution is 2.05. The van der Waals surface area contributed by atoms with Gasteiger partial charge in [0.2, 0.25) is 0 Å². The van der Waals surface area contributed by atoms with Crippen LogP contribution >= 0.6 is 0 Å². The molecular formula is C8H6N4O. The number of hydrogen-bond acceptors (Lipinski definition) is 4. The van der Waals surface area contributed by atoms with Gasteiger partial charge in [-0.3, -0.25) is 0 Å². The summed E-state index contributed by atoms with van der Waals surface area (Å²) in [5.74, 6) is 0.488. The van der Waals surface area contributed by atoms with Gasteiger partial charge in [-0.1, -0.05) is 0 Å². The van der Waals surface area contributed by atoms with Gasteiger partial charge in [0, 0.05) is 18.6 Å². The molecule has 2 heterocycles. The van der Waals surface area contributed by atoms with Gasteiger partial charge in [-0.25, -0.2) is 19.7 Å². The van der Waals surface area contributed by atoms with E-state index in [1.54, 1.807) is 24.5 Å². The van der Waals surface area contributed by atoms with E-state index in [-0.39, 0.29) is 0 Å². The van der Waals surface area contributed by atoms with Crippen LogP contribution in [0.3, 0.4) is 0 Å². The molecule has 13 heavy (non-hydrogen) atoms.